The highest BCUT2D eigenvalue weighted by Crippen LogP contribution is 2.20. The third-order valence-electron chi connectivity index (χ3n) is 4.34. The molecule has 29 heavy (non-hydrogen) atoms. The van der Waals surface area contributed by atoms with Crippen LogP contribution in [0.5, 0.6) is 0 Å². The van der Waals surface area contributed by atoms with Crippen LogP contribution in [0, 0.1) is 5.82 Å². The largest absolute Gasteiger partial charge is 0.298 e. The zero-order valence-electron chi connectivity index (χ0n) is 15.3. The molecule has 0 amide bonds. The Morgan fingerprint density at radius 2 is 1.86 bits per heavy atom. The highest BCUT2D eigenvalue weighted by Gasteiger charge is 2.19. The highest BCUT2D eigenvalue weighted by atomic mass is 32.2. The van der Waals surface area contributed by atoms with Crippen LogP contribution < -0.4 is 0 Å². The van der Waals surface area contributed by atoms with Crippen molar-refractivity contribution in [2.45, 2.75) is 4.90 Å². The summed E-state index contributed by atoms with van der Waals surface area (Å²) < 4.78 is 40.8. The predicted molar refractivity (Wildman–Crippen MR) is 107 cm³/mol. The third kappa shape index (κ3) is 3.72. The summed E-state index contributed by atoms with van der Waals surface area (Å²) in [6.07, 6.45) is 8.36. The van der Waals surface area contributed by atoms with Gasteiger partial charge in [-0.05, 0) is 42.5 Å². The van der Waals surface area contributed by atoms with Crippen LogP contribution in [0.1, 0.15) is 5.69 Å². The maximum absolute atomic E-state index is 13.1. The molecule has 0 bridgehead atoms. The van der Waals surface area contributed by atoms with Crippen LogP contribution in [0.3, 0.4) is 0 Å². The van der Waals surface area contributed by atoms with E-state index in [0.29, 0.717) is 11.3 Å². The summed E-state index contributed by atoms with van der Waals surface area (Å²) in [5.74, 6) is -0.509. The van der Waals surface area contributed by atoms with E-state index in [1.807, 2.05) is 34.9 Å². The molecule has 3 aromatic heterocycles. The smallest absolute Gasteiger partial charge is 0.278 e. The molecule has 0 aliphatic carbocycles. The molecule has 3 heterocycles. The van der Waals surface area contributed by atoms with Crippen LogP contribution in [0.4, 0.5) is 4.39 Å². The number of rotatable bonds is 5. The van der Waals surface area contributed by atoms with Crippen molar-refractivity contribution in [2.24, 2.45) is 5.10 Å². The van der Waals surface area contributed by atoms with Crippen molar-refractivity contribution in [1.82, 2.24) is 18.8 Å². The molecule has 0 saturated carbocycles. The number of fused-ring (bicyclic) bond motifs is 1. The summed E-state index contributed by atoms with van der Waals surface area (Å²) in [4.78, 5) is 8.39. The van der Waals surface area contributed by atoms with Gasteiger partial charge in [0.2, 0.25) is 0 Å². The zero-order valence-corrected chi connectivity index (χ0v) is 16.2. The van der Waals surface area contributed by atoms with E-state index in [4.69, 9.17) is 0 Å². The van der Waals surface area contributed by atoms with Crippen molar-refractivity contribution in [3.05, 3.63) is 84.8 Å². The van der Waals surface area contributed by atoms with Gasteiger partial charge < -0.3 is 0 Å². The standard InChI is InChI=1S/C20H16FN5O2S/c1-25(29(27,28)19-7-5-17(21)6-8-19)24-13-18-12-23-20-9-4-16(14-26(18)20)15-3-2-10-22-11-15/h2-14H,1H3. The van der Waals surface area contributed by atoms with Crippen LogP contribution in [-0.4, -0.2) is 40.5 Å². The molecule has 4 rings (SSSR count). The maximum Gasteiger partial charge on any atom is 0.278 e. The van der Waals surface area contributed by atoms with Crippen molar-refractivity contribution in [2.75, 3.05) is 7.05 Å². The first kappa shape index (κ1) is 18.8. The van der Waals surface area contributed by atoms with E-state index in [2.05, 4.69) is 15.1 Å². The van der Waals surface area contributed by atoms with Crippen LogP contribution in [0.15, 0.2) is 83.3 Å². The van der Waals surface area contributed by atoms with E-state index in [9.17, 15) is 12.8 Å². The Morgan fingerprint density at radius 1 is 1.07 bits per heavy atom. The van der Waals surface area contributed by atoms with E-state index in [0.717, 1.165) is 27.7 Å². The lowest BCUT2D eigenvalue weighted by atomic mass is 10.1. The fraction of sp³-hybridized carbons (Fsp3) is 0.0500. The minimum Gasteiger partial charge on any atom is -0.298 e. The molecule has 0 radical (unpaired) electrons. The SMILES string of the molecule is CN(N=Cc1cnc2ccc(-c3cccnc3)cn12)S(=O)(=O)c1ccc(F)cc1. The average Bonchev–Trinajstić information content (AvgIpc) is 3.15. The fourth-order valence-electron chi connectivity index (χ4n) is 2.76. The number of aromatic nitrogens is 3. The summed E-state index contributed by atoms with van der Waals surface area (Å²) >= 11 is 0. The van der Waals surface area contributed by atoms with Gasteiger partial charge in [0.1, 0.15) is 11.5 Å². The Hall–Kier alpha value is -3.59. The minimum absolute atomic E-state index is 0.0458. The lowest BCUT2D eigenvalue weighted by Gasteiger charge is -2.13. The third-order valence-corrected chi connectivity index (χ3v) is 6.00. The topological polar surface area (TPSA) is 79.9 Å². The number of hydrogen-bond donors (Lipinski definition) is 0. The molecule has 0 fully saturated rings. The Balaban J connectivity index is 1.65. The highest BCUT2D eigenvalue weighted by molar-refractivity contribution is 7.89. The normalized spacial score (nSPS) is 11.9. The molecule has 1 aromatic carbocycles. The molecule has 146 valence electrons. The monoisotopic (exact) mass is 409 g/mol. The molecule has 0 atom stereocenters. The molecular weight excluding hydrogens is 393 g/mol. The zero-order chi connectivity index (χ0) is 20.4. The van der Waals surface area contributed by atoms with Gasteiger partial charge in [-0.3, -0.25) is 9.38 Å². The molecule has 0 aliphatic heterocycles. The first-order valence-electron chi connectivity index (χ1n) is 8.61. The second kappa shape index (κ2) is 7.44. The van der Waals surface area contributed by atoms with Crippen molar-refractivity contribution in [3.8, 4) is 11.1 Å². The van der Waals surface area contributed by atoms with Gasteiger partial charge in [-0.2, -0.15) is 17.9 Å². The Morgan fingerprint density at radius 3 is 2.59 bits per heavy atom. The summed E-state index contributed by atoms with van der Waals surface area (Å²) in [5, 5.41) is 4.04. The molecule has 0 saturated heterocycles. The number of benzene rings is 1. The molecule has 4 aromatic rings. The van der Waals surface area contributed by atoms with Gasteiger partial charge in [-0.1, -0.05) is 6.07 Å². The molecule has 0 aliphatic rings. The van der Waals surface area contributed by atoms with E-state index in [-0.39, 0.29) is 4.90 Å². The molecule has 0 N–H and O–H groups in total. The van der Waals surface area contributed by atoms with Crippen LogP contribution >= 0.6 is 0 Å². The minimum atomic E-state index is -3.88. The number of sulfonamides is 1. The van der Waals surface area contributed by atoms with Crippen molar-refractivity contribution >= 4 is 21.9 Å². The molecule has 0 spiro atoms. The van der Waals surface area contributed by atoms with E-state index in [1.54, 1.807) is 18.6 Å². The summed E-state index contributed by atoms with van der Waals surface area (Å²) in [6.45, 7) is 0. The molecule has 0 unspecified atom stereocenters. The van der Waals surface area contributed by atoms with Gasteiger partial charge in [0, 0.05) is 36.8 Å². The van der Waals surface area contributed by atoms with Gasteiger partial charge in [0.25, 0.3) is 10.0 Å². The number of pyridine rings is 2. The van der Waals surface area contributed by atoms with Crippen molar-refractivity contribution in [3.63, 3.8) is 0 Å². The van der Waals surface area contributed by atoms with E-state index in [1.165, 1.54) is 25.4 Å². The second-order valence-corrected chi connectivity index (χ2v) is 8.16. The van der Waals surface area contributed by atoms with Gasteiger partial charge >= 0.3 is 0 Å². The Kier molecular flexibility index (Phi) is 4.81. The quantitative estimate of drug-likeness (QED) is 0.375. The van der Waals surface area contributed by atoms with Crippen LogP contribution in [0.25, 0.3) is 16.8 Å². The molecule has 7 nitrogen and oxygen atoms in total. The van der Waals surface area contributed by atoms with Crippen LogP contribution in [-0.2, 0) is 10.0 Å². The maximum atomic E-state index is 13.1. The lowest BCUT2D eigenvalue weighted by molar-refractivity contribution is 0.490. The summed E-state index contributed by atoms with van der Waals surface area (Å²) in [5.41, 5.74) is 3.18. The number of hydrazone groups is 1. The van der Waals surface area contributed by atoms with Crippen LogP contribution in [0.2, 0.25) is 0 Å². The van der Waals surface area contributed by atoms with Crippen molar-refractivity contribution < 1.29 is 12.8 Å². The van der Waals surface area contributed by atoms with E-state index < -0.39 is 15.8 Å². The van der Waals surface area contributed by atoms with Gasteiger partial charge in [0.05, 0.1) is 23.0 Å². The van der Waals surface area contributed by atoms with Crippen molar-refractivity contribution in [1.29, 1.82) is 0 Å². The van der Waals surface area contributed by atoms with Gasteiger partial charge in [-0.25, -0.2) is 9.37 Å². The predicted octanol–water partition coefficient (Wildman–Crippen LogP) is 3.19. The van der Waals surface area contributed by atoms with Gasteiger partial charge in [-0.15, -0.1) is 0 Å². The molecule has 9 heteroatoms. The lowest BCUT2D eigenvalue weighted by Crippen LogP contribution is -2.22. The molecular formula is C20H16FN5O2S. The average molecular weight is 409 g/mol. The number of nitrogens with zero attached hydrogens (tertiary/aromatic N) is 5. The summed E-state index contributed by atoms with van der Waals surface area (Å²) in [6, 6.07) is 12.2. The number of hydrogen-bond acceptors (Lipinski definition) is 5. The summed E-state index contributed by atoms with van der Waals surface area (Å²) in [7, 11) is -2.56. The second-order valence-electron chi connectivity index (χ2n) is 6.21. The first-order chi connectivity index (χ1) is 13.9. The first-order valence-corrected chi connectivity index (χ1v) is 10.1. The van der Waals surface area contributed by atoms with Gasteiger partial charge in [0.15, 0.2) is 0 Å². The van der Waals surface area contributed by atoms with E-state index >= 15 is 0 Å². The Labute approximate surface area is 166 Å². The number of imidazole rings is 1. The Bertz CT molecular complexity index is 1290. The fourth-order valence-corrected chi connectivity index (χ4v) is 3.72. The number of halogens is 1.